The maximum absolute atomic E-state index is 12.3. The van der Waals surface area contributed by atoms with Crippen molar-refractivity contribution in [2.75, 3.05) is 6.61 Å². The van der Waals surface area contributed by atoms with Gasteiger partial charge >= 0.3 is 0 Å². The van der Waals surface area contributed by atoms with Gasteiger partial charge in [0.2, 0.25) is 0 Å². The van der Waals surface area contributed by atoms with Crippen LogP contribution in [0.3, 0.4) is 0 Å². The van der Waals surface area contributed by atoms with Crippen molar-refractivity contribution in [3.63, 3.8) is 0 Å². The number of rotatable bonds is 6. The molecule has 104 valence electrons. The molecular weight excluding hydrogens is 250 g/mol. The maximum Gasteiger partial charge on any atom is 0.254 e. The molecule has 1 N–H and O–H groups in total. The molecule has 20 heavy (non-hydrogen) atoms. The molecular formula is C17H19NO2. The Hall–Kier alpha value is -2.13. The summed E-state index contributed by atoms with van der Waals surface area (Å²) in [7, 11) is 0. The summed E-state index contributed by atoms with van der Waals surface area (Å²) in [5, 5.41) is 2.92. The molecule has 0 aromatic heterocycles. The number of carbonyl (C=O) groups is 1. The van der Waals surface area contributed by atoms with Crippen LogP contribution in [0, 0.1) is 0 Å². The van der Waals surface area contributed by atoms with Gasteiger partial charge in [-0.2, -0.15) is 0 Å². The zero-order valence-corrected chi connectivity index (χ0v) is 11.6. The van der Waals surface area contributed by atoms with Crippen LogP contribution in [-0.2, 0) is 16.1 Å². The quantitative estimate of drug-likeness (QED) is 0.875. The Kier molecular flexibility index (Phi) is 5.33. The molecule has 0 saturated heterocycles. The average Bonchev–Trinajstić information content (AvgIpc) is 2.52. The number of nitrogens with one attached hydrogen (secondary N) is 1. The molecule has 0 aliphatic heterocycles. The van der Waals surface area contributed by atoms with Gasteiger partial charge in [-0.3, -0.25) is 4.79 Å². The van der Waals surface area contributed by atoms with E-state index in [4.69, 9.17) is 4.74 Å². The predicted octanol–water partition coefficient (Wildman–Crippen LogP) is 3.08. The van der Waals surface area contributed by atoms with Gasteiger partial charge < -0.3 is 10.1 Å². The van der Waals surface area contributed by atoms with Crippen LogP contribution in [0.2, 0.25) is 0 Å². The molecule has 0 bridgehead atoms. The fourth-order valence-corrected chi connectivity index (χ4v) is 2.00. The van der Waals surface area contributed by atoms with Crippen molar-refractivity contribution in [1.82, 2.24) is 5.32 Å². The highest BCUT2D eigenvalue weighted by atomic mass is 16.5. The monoisotopic (exact) mass is 269 g/mol. The number of amides is 1. The molecule has 2 aromatic carbocycles. The molecule has 2 rings (SSSR count). The third-order valence-corrected chi connectivity index (χ3v) is 2.98. The lowest BCUT2D eigenvalue weighted by Gasteiger charge is -2.17. The van der Waals surface area contributed by atoms with Crippen LogP contribution in [0.5, 0.6) is 0 Å². The van der Waals surface area contributed by atoms with Crippen LogP contribution in [0.15, 0.2) is 60.7 Å². The summed E-state index contributed by atoms with van der Waals surface area (Å²) in [6.07, 6.45) is -0.551. The van der Waals surface area contributed by atoms with E-state index in [0.717, 1.165) is 11.1 Å². The molecule has 0 aliphatic rings. The second-order valence-electron chi connectivity index (χ2n) is 4.45. The Morgan fingerprint density at radius 3 is 2.25 bits per heavy atom. The minimum Gasteiger partial charge on any atom is -0.364 e. The first-order chi connectivity index (χ1) is 9.81. The molecule has 0 fully saturated rings. The summed E-state index contributed by atoms with van der Waals surface area (Å²) >= 11 is 0. The average molecular weight is 269 g/mol. The number of hydrogen-bond donors (Lipinski definition) is 1. The lowest BCUT2D eigenvalue weighted by molar-refractivity contribution is -0.133. The normalized spacial score (nSPS) is 11.8. The molecule has 2 aromatic rings. The van der Waals surface area contributed by atoms with Gasteiger partial charge in [-0.1, -0.05) is 60.7 Å². The largest absolute Gasteiger partial charge is 0.364 e. The molecule has 0 radical (unpaired) electrons. The molecule has 1 atom stereocenters. The fraction of sp³-hybridized carbons (Fsp3) is 0.235. The van der Waals surface area contributed by atoms with Gasteiger partial charge in [-0.05, 0) is 18.1 Å². The first kappa shape index (κ1) is 14.3. The van der Waals surface area contributed by atoms with Crippen molar-refractivity contribution in [3.8, 4) is 0 Å². The molecule has 0 spiro atoms. The summed E-state index contributed by atoms with van der Waals surface area (Å²) in [6, 6.07) is 19.4. The van der Waals surface area contributed by atoms with Crippen LogP contribution in [0.25, 0.3) is 0 Å². The Bertz CT molecular complexity index is 525. The van der Waals surface area contributed by atoms with Gasteiger partial charge in [-0.25, -0.2) is 0 Å². The third kappa shape index (κ3) is 3.93. The summed E-state index contributed by atoms with van der Waals surface area (Å²) in [6.45, 7) is 2.90. The second kappa shape index (κ2) is 7.46. The number of benzene rings is 2. The third-order valence-electron chi connectivity index (χ3n) is 2.98. The number of hydrogen-bond acceptors (Lipinski definition) is 2. The van der Waals surface area contributed by atoms with E-state index in [0.29, 0.717) is 13.2 Å². The standard InChI is InChI=1S/C17H19NO2/c1-2-20-16(15-11-7-4-8-12-15)17(19)18-13-14-9-5-3-6-10-14/h3-12,16H,2,13H2,1H3,(H,18,19). The summed E-state index contributed by atoms with van der Waals surface area (Å²) in [5.41, 5.74) is 1.95. The van der Waals surface area contributed by atoms with Crippen LogP contribution < -0.4 is 5.32 Å². The topological polar surface area (TPSA) is 38.3 Å². The van der Waals surface area contributed by atoms with E-state index < -0.39 is 6.10 Å². The first-order valence-electron chi connectivity index (χ1n) is 6.79. The number of carbonyl (C=O) groups excluding carboxylic acids is 1. The van der Waals surface area contributed by atoms with Gasteiger partial charge in [-0.15, -0.1) is 0 Å². The lowest BCUT2D eigenvalue weighted by Crippen LogP contribution is -2.30. The molecule has 1 amide bonds. The Morgan fingerprint density at radius 1 is 1.05 bits per heavy atom. The summed E-state index contributed by atoms with van der Waals surface area (Å²) < 4.78 is 5.57. The van der Waals surface area contributed by atoms with Crippen LogP contribution >= 0.6 is 0 Å². The summed E-state index contributed by atoms with van der Waals surface area (Å²) in [4.78, 5) is 12.3. The van der Waals surface area contributed by atoms with Gasteiger partial charge in [0, 0.05) is 13.2 Å². The molecule has 1 unspecified atom stereocenters. The van der Waals surface area contributed by atoms with E-state index in [1.807, 2.05) is 67.6 Å². The van der Waals surface area contributed by atoms with E-state index in [1.165, 1.54) is 0 Å². The van der Waals surface area contributed by atoms with Crippen molar-refractivity contribution in [1.29, 1.82) is 0 Å². The predicted molar refractivity (Wildman–Crippen MR) is 79.1 cm³/mol. The minimum atomic E-state index is -0.551. The van der Waals surface area contributed by atoms with E-state index in [9.17, 15) is 4.79 Å². The van der Waals surface area contributed by atoms with Gasteiger partial charge in [0.25, 0.3) is 5.91 Å². The molecule has 3 nitrogen and oxygen atoms in total. The first-order valence-corrected chi connectivity index (χ1v) is 6.79. The fourth-order valence-electron chi connectivity index (χ4n) is 2.00. The van der Waals surface area contributed by atoms with E-state index >= 15 is 0 Å². The Balaban J connectivity index is 2.01. The second-order valence-corrected chi connectivity index (χ2v) is 4.45. The molecule has 0 heterocycles. The lowest BCUT2D eigenvalue weighted by atomic mass is 10.1. The van der Waals surface area contributed by atoms with E-state index in [1.54, 1.807) is 0 Å². The van der Waals surface area contributed by atoms with Crippen molar-refractivity contribution in [2.45, 2.75) is 19.6 Å². The molecule has 0 saturated carbocycles. The smallest absolute Gasteiger partial charge is 0.254 e. The van der Waals surface area contributed by atoms with Crippen LogP contribution in [0.4, 0.5) is 0 Å². The Morgan fingerprint density at radius 2 is 1.65 bits per heavy atom. The van der Waals surface area contributed by atoms with Crippen molar-refractivity contribution < 1.29 is 9.53 Å². The summed E-state index contributed by atoms with van der Waals surface area (Å²) in [5.74, 6) is -0.109. The highest BCUT2D eigenvalue weighted by Crippen LogP contribution is 2.17. The van der Waals surface area contributed by atoms with Crippen molar-refractivity contribution in [2.24, 2.45) is 0 Å². The SMILES string of the molecule is CCOC(C(=O)NCc1ccccc1)c1ccccc1. The minimum absolute atomic E-state index is 0.109. The van der Waals surface area contributed by atoms with Crippen molar-refractivity contribution in [3.05, 3.63) is 71.8 Å². The van der Waals surface area contributed by atoms with E-state index in [2.05, 4.69) is 5.32 Å². The van der Waals surface area contributed by atoms with Crippen molar-refractivity contribution >= 4 is 5.91 Å². The Labute approximate surface area is 119 Å². The zero-order chi connectivity index (χ0) is 14.2. The van der Waals surface area contributed by atoms with Crippen LogP contribution in [0.1, 0.15) is 24.2 Å². The van der Waals surface area contributed by atoms with Gasteiger partial charge in [0.05, 0.1) is 0 Å². The molecule has 0 aliphatic carbocycles. The maximum atomic E-state index is 12.3. The zero-order valence-electron chi connectivity index (χ0n) is 11.6. The van der Waals surface area contributed by atoms with E-state index in [-0.39, 0.29) is 5.91 Å². The molecule has 3 heteroatoms. The highest BCUT2D eigenvalue weighted by molar-refractivity contribution is 5.82. The van der Waals surface area contributed by atoms with Gasteiger partial charge in [0.15, 0.2) is 6.10 Å². The highest BCUT2D eigenvalue weighted by Gasteiger charge is 2.20. The van der Waals surface area contributed by atoms with Crippen LogP contribution in [-0.4, -0.2) is 12.5 Å². The number of ether oxygens (including phenoxy) is 1. The van der Waals surface area contributed by atoms with Gasteiger partial charge in [0.1, 0.15) is 0 Å².